The third kappa shape index (κ3) is 5.05. The fourth-order valence-electron chi connectivity index (χ4n) is 4.66. The molecule has 2 aromatic rings. The van der Waals surface area contributed by atoms with Crippen molar-refractivity contribution in [2.24, 2.45) is 5.92 Å². The van der Waals surface area contributed by atoms with Gasteiger partial charge in [-0.15, -0.1) is 0 Å². The second-order valence-corrected chi connectivity index (χ2v) is 8.48. The second-order valence-electron chi connectivity index (χ2n) is 8.48. The van der Waals surface area contributed by atoms with Crippen molar-refractivity contribution in [2.45, 2.75) is 45.1 Å². The molecule has 0 spiro atoms. The molecule has 4 heteroatoms. The van der Waals surface area contributed by atoms with Gasteiger partial charge in [0.25, 0.3) is 0 Å². The molecule has 4 rings (SSSR count). The third-order valence-electron chi connectivity index (χ3n) is 6.54. The number of piperazine rings is 1. The van der Waals surface area contributed by atoms with Crippen LogP contribution in [0.1, 0.15) is 37.7 Å². The Bertz CT molecular complexity index is 716. The van der Waals surface area contributed by atoms with Crippen molar-refractivity contribution in [3.63, 3.8) is 0 Å². The fourth-order valence-corrected chi connectivity index (χ4v) is 4.66. The van der Waals surface area contributed by atoms with Crippen LogP contribution in [0.2, 0.25) is 0 Å². The van der Waals surface area contributed by atoms with E-state index in [1.165, 1.54) is 63.0 Å². The first-order valence-corrected chi connectivity index (χ1v) is 11.0. The van der Waals surface area contributed by atoms with E-state index in [4.69, 9.17) is 0 Å². The van der Waals surface area contributed by atoms with E-state index in [2.05, 4.69) is 63.4 Å². The molecule has 1 saturated heterocycles. The van der Waals surface area contributed by atoms with E-state index < -0.39 is 0 Å². The number of para-hydroxylation sites is 1. The van der Waals surface area contributed by atoms with Crippen LogP contribution in [0.4, 0.5) is 11.5 Å². The zero-order valence-electron chi connectivity index (χ0n) is 17.2. The van der Waals surface area contributed by atoms with E-state index in [1.54, 1.807) is 0 Å². The predicted octanol–water partition coefficient (Wildman–Crippen LogP) is 4.57. The minimum absolute atomic E-state index is 0.597. The Morgan fingerprint density at radius 1 is 0.929 bits per heavy atom. The Labute approximate surface area is 170 Å². The number of nitrogens with zero attached hydrogens (tertiary/aromatic N) is 3. The molecule has 0 atom stereocenters. The number of hydrogen-bond donors (Lipinski definition) is 1. The number of aromatic nitrogens is 1. The maximum Gasteiger partial charge on any atom is 0.129 e. The summed E-state index contributed by atoms with van der Waals surface area (Å²) in [7, 11) is 0. The lowest BCUT2D eigenvalue weighted by atomic mass is 9.84. The van der Waals surface area contributed by atoms with Gasteiger partial charge in [-0.25, -0.2) is 4.98 Å². The molecule has 28 heavy (non-hydrogen) atoms. The number of aryl methyl sites for hydroxylation is 1. The van der Waals surface area contributed by atoms with Crippen LogP contribution in [0.3, 0.4) is 0 Å². The summed E-state index contributed by atoms with van der Waals surface area (Å²) in [6.07, 6.45) is 8.52. The predicted molar refractivity (Wildman–Crippen MR) is 118 cm³/mol. The first-order valence-electron chi connectivity index (χ1n) is 11.0. The minimum atomic E-state index is 0.597. The van der Waals surface area contributed by atoms with E-state index in [-0.39, 0.29) is 0 Å². The Morgan fingerprint density at radius 2 is 1.68 bits per heavy atom. The van der Waals surface area contributed by atoms with Gasteiger partial charge in [-0.2, -0.15) is 0 Å². The highest BCUT2D eigenvalue weighted by Gasteiger charge is 2.23. The average Bonchev–Trinajstić information content (AvgIpc) is 2.76. The molecule has 0 radical (unpaired) electrons. The number of nitrogens with one attached hydrogen (secondary N) is 1. The molecular weight excluding hydrogens is 344 g/mol. The lowest BCUT2D eigenvalue weighted by molar-refractivity contribution is 0.218. The molecule has 2 aliphatic rings. The summed E-state index contributed by atoms with van der Waals surface area (Å²) in [4.78, 5) is 9.68. The van der Waals surface area contributed by atoms with Crippen LogP contribution in [0.25, 0.3) is 0 Å². The van der Waals surface area contributed by atoms with Gasteiger partial charge in [0.2, 0.25) is 0 Å². The van der Waals surface area contributed by atoms with Gasteiger partial charge in [-0.1, -0.05) is 24.3 Å². The Morgan fingerprint density at radius 3 is 2.39 bits per heavy atom. The van der Waals surface area contributed by atoms with E-state index >= 15 is 0 Å². The van der Waals surface area contributed by atoms with E-state index in [0.29, 0.717) is 6.04 Å². The van der Waals surface area contributed by atoms with Crippen molar-refractivity contribution < 1.29 is 0 Å². The molecule has 2 fully saturated rings. The number of pyridine rings is 1. The molecule has 150 valence electrons. The fraction of sp³-hybridized carbons (Fsp3) is 0.542. The number of benzene rings is 1. The van der Waals surface area contributed by atoms with E-state index in [0.717, 1.165) is 24.8 Å². The van der Waals surface area contributed by atoms with Crippen molar-refractivity contribution in [1.82, 2.24) is 9.88 Å². The van der Waals surface area contributed by atoms with Crippen molar-refractivity contribution in [3.05, 3.63) is 54.2 Å². The van der Waals surface area contributed by atoms with Crippen LogP contribution < -0.4 is 10.2 Å². The summed E-state index contributed by atoms with van der Waals surface area (Å²) in [5.41, 5.74) is 2.62. The van der Waals surface area contributed by atoms with Gasteiger partial charge in [0.05, 0.1) is 0 Å². The maximum absolute atomic E-state index is 4.50. The number of hydrogen-bond acceptors (Lipinski definition) is 4. The molecule has 1 saturated carbocycles. The van der Waals surface area contributed by atoms with Crippen LogP contribution in [0.15, 0.2) is 48.7 Å². The summed E-state index contributed by atoms with van der Waals surface area (Å²) in [6.45, 7) is 8.12. The van der Waals surface area contributed by atoms with Crippen molar-refractivity contribution in [2.75, 3.05) is 42.9 Å². The SMILES string of the molecule is Cc1cccnc1NC1CCC(CCN2CCN(c3ccccc3)CC2)CC1. The van der Waals surface area contributed by atoms with Crippen LogP contribution in [-0.4, -0.2) is 48.6 Å². The van der Waals surface area contributed by atoms with Crippen molar-refractivity contribution in [3.8, 4) is 0 Å². The Balaban J connectivity index is 1.15. The van der Waals surface area contributed by atoms with Gasteiger partial charge in [-0.05, 0) is 75.3 Å². The highest BCUT2D eigenvalue weighted by atomic mass is 15.3. The summed E-state index contributed by atoms with van der Waals surface area (Å²) in [5.74, 6) is 1.97. The first kappa shape index (κ1) is 19.3. The lowest BCUT2D eigenvalue weighted by Crippen LogP contribution is -2.47. The standard InChI is InChI=1S/C24H34N4/c1-20-6-5-14-25-24(20)26-22-11-9-21(10-12-22)13-15-27-16-18-28(19-17-27)23-7-3-2-4-8-23/h2-8,14,21-22H,9-13,15-19H2,1H3,(H,25,26). The van der Waals surface area contributed by atoms with Gasteiger partial charge < -0.3 is 10.2 Å². The van der Waals surface area contributed by atoms with Gasteiger partial charge in [0.15, 0.2) is 0 Å². The summed E-state index contributed by atoms with van der Waals surface area (Å²) < 4.78 is 0. The van der Waals surface area contributed by atoms with Crippen LogP contribution >= 0.6 is 0 Å². The smallest absolute Gasteiger partial charge is 0.129 e. The summed E-state index contributed by atoms with van der Waals surface area (Å²) >= 11 is 0. The molecule has 1 aliphatic heterocycles. The van der Waals surface area contributed by atoms with Crippen molar-refractivity contribution >= 4 is 11.5 Å². The van der Waals surface area contributed by atoms with Gasteiger partial charge >= 0.3 is 0 Å². The lowest BCUT2D eigenvalue weighted by Gasteiger charge is -2.37. The summed E-state index contributed by atoms with van der Waals surface area (Å²) in [5, 5.41) is 3.67. The quantitative estimate of drug-likeness (QED) is 0.798. The molecule has 1 aliphatic carbocycles. The largest absolute Gasteiger partial charge is 0.369 e. The zero-order chi connectivity index (χ0) is 19.2. The minimum Gasteiger partial charge on any atom is -0.369 e. The van der Waals surface area contributed by atoms with Crippen LogP contribution in [0.5, 0.6) is 0 Å². The normalized spacial score (nSPS) is 23.5. The molecule has 4 nitrogen and oxygen atoms in total. The van der Waals surface area contributed by atoms with Gasteiger partial charge in [0.1, 0.15) is 5.82 Å². The highest BCUT2D eigenvalue weighted by molar-refractivity contribution is 5.46. The number of anilines is 2. The summed E-state index contributed by atoms with van der Waals surface area (Å²) in [6, 6.07) is 15.6. The molecule has 1 N–H and O–H groups in total. The molecule has 0 unspecified atom stereocenters. The van der Waals surface area contributed by atoms with Crippen LogP contribution in [-0.2, 0) is 0 Å². The van der Waals surface area contributed by atoms with E-state index in [1.807, 2.05) is 12.3 Å². The third-order valence-corrected chi connectivity index (χ3v) is 6.54. The molecular formula is C24H34N4. The Kier molecular flexibility index (Phi) is 6.48. The highest BCUT2D eigenvalue weighted by Crippen LogP contribution is 2.29. The molecule has 1 aromatic heterocycles. The molecule has 1 aromatic carbocycles. The molecule has 2 heterocycles. The molecule has 0 amide bonds. The zero-order valence-corrected chi connectivity index (χ0v) is 17.2. The number of rotatable bonds is 6. The second kappa shape index (κ2) is 9.42. The first-order chi connectivity index (χ1) is 13.8. The average molecular weight is 379 g/mol. The Hall–Kier alpha value is -2.07. The maximum atomic E-state index is 4.50. The van der Waals surface area contributed by atoms with Gasteiger partial charge in [-0.3, -0.25) is 4.90 Å². The topological polar surface area (TPSA) is 31.4 Å². The van der Waals surface area contributed by atoms with E-state index in [9.17, 15) is 0 Å². The molecule has 0 bridgehead atoms. The van der Waals surface area contributed by atoms with Crippen LogP contribution in [0, 0.1) is 12.8 Å². The monoisotopic (exact) mass is 378 g/mol. The van der Waals surface area contributed by atoms with Gasteiger partial charge in [0, 0.05) is 44.1 Å². The van der Waals surface area contributed by atoms with Crippen molar-refractivity contribution in [1.29, 1.82) is 0 Å².